The maximum absolute atomic E-state index is 12.4. The Kier molecular flexibility index (Phi) is 7.29. The number of nitrogens with zero attached hydrogens (tertiary/aromatic N) is 1. The Morgan fingerprint density at radius 2 is 2.05 bits per heavy atom. The first-order chi connectivity index (χ1) is 9.77. The first-order valence-electron chi connectivity index (χ1n) is 7.24. The van der Waals surface area contributed by atoms with Crippen molar-refractivity contribution in [3.8, 4) is 0 Å². The molecule has 0 bridgehead atoms. The number of sulfonamides is 1. The van der Waals surface area contributed by atoms with Crippen molar-refractivity contribution >= 4 is 21.4 Å². The van der Waals surface area contributed by atoms with Crippen LogP contribution in [0.5, 0.6) is 0 Å². The summed E-state index contributed by atoms with van der Waals surface area (Å²) in [6.45, 7) is 8.04. The Bertz CT molecular complexity index is 538. The first-order valence-corrected chi connectivity index (χ1v) is 9.54. The molecule has 0 radical (unpaired) electrons. The number of nitrogens with one attached hydrogen (secondary N) is 2. The average Bonchev–Trinajstić information content (AvgIpc) is 2.78. The second-order valence-electron chi connectivity index (χ2n) is 5.47. The molecule has 1 unspecified atom stereocenters. The van der Waals surface area contributed by atoms with Crippen LogP contribution in [-0.2, 0) is 16.6 Å². The smallest absolute Gasteiger partial charge is 0.241 e. The molecule has 0 aliphatic heterocycles. The van der Waals surface area contributed by atoms with Crippen molar-refractivity contribution in [1.82, 2.24) is 14.9 Å². The summed E-state index contributed by atoms with van der Waals surface area (Å²) in [6.07, 6.45) is 1.07. The standard InChI is InChI=1S/C14H27N3O2S2/c1-6-7-15-10-13-8-14(12(3)20-13)21(18,19)16-9-11(2)17(4)5/h8,11,15-16H,6-7,9-10H2,1-5H3. The maximum Gasteiger partial charge on any atom is 0.241 e. The number of thiophene rings is 1. The SMILES string of the molecule is CCCNCc1cc(S(=O)(=O)NCC(C)N(C)C)c(C)s1. The predicted octanol–water partition coefficient (Wildman–Crippen LogP) is 1.78. The molecule has 0 aliphatic rings. The third kappa shape index (κ3) is 5.67. The topological polar surface area (TPSA) is 61.4 Å². The van der Waals surface area contributed by atoms with Gasteiger partial charge in [0, 0.05) is 28.9 Å². The van der Waals surface area contributed by atoms with Crippen LogP contribution < -0.4 is 10.0 Å². The molecule has 2 N–H and O–H groups in total. The predicted molar refractivity (Wildman–Crippen MR) is 89.4 cm³/mol. The Morgan fingerprint density at radius 1 is 1.38 bits per heavy atom. The lowest BCUT2D eigenvalue weighted by molar-refractivity contribution is 0.314. The quantitative estimate of drug-likeness (QED) is 0.676. The van der Waals surface area contributed by atoms with E-state index in [1.807, 2.05) is 32.8 Å². The summed E-state index contributed by atoms with van der Waals surface area (Å²) in [6, 6.07) is 1.94. The van der Waals surface area contributed by atoms with Crippen molar-refractivity contribution in [3.63, 3.8) is 0 Å². The summed E-state index contributed by atoms with van der Waals surface area (Å²) >= 11 is 1.54. The van der Waals surface area contributed by atoms with Crippen LogP contribution in [0.25, 0.3) is 0 Å². The van der Waals surface area contributed by atoms with Crippen LogP contribution in [0.4, 0.5) is 0 Å². The lowest BCUT2D eigenvalue weighted by atomic mass is 10.3. The first kappa shape index (κ1) is 18.6. The van der Waals surface area contributed by atoms with Crippen LogP contribution in [-0.4, -0.2) is 46.5 Å². The number of likely N-dealkylation sites (N-methyl/N-ethyl adjacent to an activating group) is 1. The van der Waals surface area contributed by atoms with E-state index in [0.717, 1.165) is 29.3 Å². The van der Waals surface area contributed by atoms with Gasteiger partial charge in [0.1, 0.15) is 0 Å². The van der Waals surface area contributed by atoms with E-state index in [2.05, 4.69) is 17.0 Å². The van der Waals surface area contributed by atoms with E-state index >= 15 is 0 Å². The Balaban J connectivity index is 2.74. The highest BCUT2D eigenvalue weighted by atomic mass is 32.2. The second kappa shape index (κ2) is 8.24. The molecule has 0 spiro atoms. The van der Waals surface area contributed by atoms with E-state index in [1.165, 1.54) is 0 Å². The fraction of sp³-hybridized carbons (Fsp3) is 0.714. The van der Waals surface area contributed by atoms with E-state index in [0.29, 0.717) is 11.4 Å². The Hall–Kier alpha value is -0.470. The molecule has 0 saturated heterocycles. The van der Waals surface area contributed by atoms with Gasteiger partial charge < -0.3 is 10.2 Å². The number of hydrogen-bond donors (Lipinski definition) is 2. The highest BCUT2D eigenvalue weighted by Gasteiger charge is 2.20. The lowest BCUT2D eigenvalue weighted by Gasteiger charge is -2.19. The highest BCUT2D eigenvalue weighted by Crippen LogP contribution is 2.25. The highest BCUT2D eigenvalue weighted by molar-refractivity contribution is 7.89. The van der Waals surface area contributed by atoms with Crippen molar-refractivity contribution in [2.45, 2.75) is 44.7 Å². The van der Waals surface area contributed by atoms with Crippen LogP contribution in [0.3, 0.4) is 0 Å². The average molecular weight is 334 g/mol. The molecule has 122 valence electrons. The monoisotopic (exact) mass is 333 g/mol. The maximum atomic E-state index is 12.4. The van der Waals surface area contributed by atoms with Crippen molar-refractivity contribution < 1.29 is 8.42 Å². The largest absolute Gasteiger partial charge is 0.312 e. The third-order valence-electron chi connectivity index (χ3n) is 3.39. The normalized spacial score (nSPS) is 13.8. The molecule has 7 heteroatoms. The summed E-state index contributed by atoms with van der Waals surface area (Å²) in [5.41, 5.74) is 0. The summed E-state index contributed by atoms with van der Waals surface area (Å²) < 4.78 is 27.5. The summed E-state index contributed by atoms with van der Waals surface area (Å²) in [5.74, 6) is 0. The van der Waals surface area contributed by atoms with Gasteiger partial charge in [-0.2, -0.15) is 0 Å². The van der Waals surface area contributed by atoms with E-state index in [9.17, 15) is 8.42 Å². The van der Waals surface area contributed by atoms with E-state index in [-0.39, 0.29) is 6.04 Å². The zero-order valence-corrected chi connectivity index (χ0v) is 15.2. The van der Waals surface area contributed by atoms with Crippen LogP contribution in [0.1, 0.15) is 30.0 Å². The van der Waals surface area contributed by atoms with Crippen molar-refractivity contribution in [2.24, 2.45) is 0 Å². The minimum absolute atomic E-state index is 0.157. The lowest BCUT2D eigenvalue weighted by Crippen LogP contribution is -2.38. The second-order valence-corrected chi connectivity index (χ2v) is 8.55. The van der Waals surface area contributed by atoms with Gasteiger partial charge in [0.25, 0.3) is 0 Å². The number of hydrogen-bond acceptors (Lipinski definition) is 5. The molecule has 1 aromatic rings. The Morgan fingerprint density at radius 3 is 2.62 bits per heavy atom. The molecule has 0 fully saturated rings. The molecule has 1 aromatic heterocycles. The molecular formula is C14H27N3O2S2. The molecule has 21 heavy (non-hydrogen) atoms. The van der Waals surface area contributed by atoms with Crippen LogP contribution >= 0.6 is 11.3 Å². The zero-order valence-electron chi connectivity index (χ0n) is 13.6. The fourth-order valence-electron chi connectivity index (χ4n) is 1.76. The van der Waals surface area contributed by atoms with Gasteiger partial charge in [0.05, 0.1) is 4.90 Å². The molecule has 0 aliphatic carbocycles. The van der Waals surface area contributed by atoms with Gasteiger partial charge in [-0.05, 0) is 47.0 Å². The molecule has 1 rings (SSSR count). The van der Waals surface area contributed by atoms with Gasteiger partial charge in [0.2, 0.25) is 10.0 Å². The molecule has 0 amide bonds. The van der Waals surface area contributed by atoms with Crippen molar-refractivity contribution in [3.05, 3.63) is 15.8 Å². The van der Waals surface area contributed by atoms with Crippen LogP contribution in [0.15, 0.2) is 11.0 Å². The van der Waals surface area contributed by atoms with Gasteiger partial charge in [0.15, 0.2) is 0 Å². The molecule has 5 nitrogen and oxygen atoms in total. The van der Waals surface area contributed by atoms with Gasteiger partial charge in [-0.15, -0.1) is 11.3 Å². The molecular weight excluding hydrogens is 306 g/mol. The molecule has 1 atom stereocenters. The number of rotatable bonds is 9. The van der Waals surface area contributed by atoms with Crippen molar-refractivity contribution in [2.75, 3.05) is 27.2 Å². The van der Waals surface area contributed by atoms with Crippen LogP contribution in [0.2, 0.25) is 0 Å². The summed E-state index contributed by atoms with van der Waals surface area (Å²) in [5, 5.41) is 3.30. The van der Waals surface area contributed by atoms with Gasteiger partial charge in [-0.3, -0.25) is 0 Å². The molecule has 0 aromatic carbocycles. The van der Waals surface area contributed by atoms with Gasteiger partial charge in [-0.25, -0.2) is 13.1 Å². The summed E-state index contributed by atoms with van der Waals surface area (Å²) in [4.78, 5) is 4.30. The van der Waals surface area contributed by atoms with E-state index < -0.39 is 10.0 Å². The van der Waals surface area contributed by atoms with Gasteiger partial charge in [-0.1, -0.05) is 6.92 Å². The van der Waals surface area contributed by atoms with E-state index in [1.54, 1.807) is 17.4 Å². The summed E-state index contributed by atoms with van der Waals surface area (Å²) in [7, 11) is 0.450. The van der Waals surface area contributed by atoms with E-state index in [4.69, 9.17) is 0 Å². The zero-order chi connectivity index (χ0) is 16.0. The third-order valence-corrected chi connectivity index (χ3v) is 6.12. The van der Waals surface area contributed by atoms with Gasteiger partial charge >= 0.3 is 0 Å². The number of aryl methyl sites for hydroxylation is 1. The molecule has 1 heterocycles. The molecule has 0 saturated carbocycles. The Labute approximate surface area is 132 Å². The minimum atomic E-state index is -3.42. The fourth-order valence-corrected chi connectivity index (χ4v) is 4.48. The minimum Gasteiger partial charge on any atom is -0.312 e. The van der Waals surface area contributed by atoms with Crippen LogP contribution in [0, 0.1) is 6.92 Å². The van der Waals surface area contributed by atoms with Crippen molar-refractivity contribution in [1.29, 1.82) is 0 Å².